The molecule has 0 radical (unpaired) electrons. The second-order valence-corrected chi connectivity index (χ2v) is 8.16. The van der Waals surface area contributed by atoms with Gasteiger partial charge in [-0.05, 0) is 42.3 Å². The molecule has 0 aliphatic heterocycles. The van der Waals surface area contributed by atoms with E-state index >= 15 is 0 Å². The lowest BCUT2D eigenvalue weighted by molar-refractivity contribution is -0.119. The van der Waals surface area contributed by atoms with Gasteiger partial charge in [0, 0.05) is 11.6 Å². The standard InChI is InChI=1S/C18H20ClFN2O4S/c1-26-17-8-5-14(19)11-16(17)22(27(2,24)25)12-18(23)21-10-9-13-3-6-15(20)7-4-13/h3-8,11H,9-10,12H2,1-2H3,(H,21,23). The molecule has 0 saturated heterocycles. The molecule has 146 valence electrons. The van der Waals surface area contributed by atoms with Crippen molar-refractivity contribution in [3.05, 3.63) is 58.9 Å². The first-order chi connectivity index (χ1) is 12.7. The predicted molar refractivity (Wildman–Crippen MR) is 103 cm³/mol. The maximum absolute atomic E-state index is 12.9. The molecule has 6 nitrogen and oxygen atoms in total. The summed E-state index contributed by atoms with van der Waals surface area (Å²) in [6.45, 7) is -0.131. The van der Waals surface area contributed by atoms with Crippen molar-refractivity contribution in [2.45, 2.75) is 6.42 Å². The predicted octanol–water partition coefficient (Wildman–Crippen LogP) is 2.61. The molecule has 0 unspecified atom stereocenters. The largest absolute Gasteiger partial charge is 0.495 e. The minimum Gasteiger partial charge on any atom is -0.495 e. The summed E-state index contributed by atoms with van der Waals surface area (Å²) < 4.78 is 43.4. The minimum absolute atomic E-state index is 0.182. The number of ether oxygens (including phenoxy) is 1. The molecule has 0 atom stereocenters. The van der Waals surface area contributed by atoms with E-state index in [4.69, 9.17) is 16.3 Å². The van der Waals surface area contributed by atoms with Gasteiger partial charge in [0.25, 0.3) is 0 Å². The first-order valence-corrected chi connectivity index (χ1v) is 10.3. The van der Waals surface area contributed by atoms with Crippen LogP contribution in [0, 0.1) is 5.82 Å². The smallest absolute Gasteiger partial charge is 0.240 e. The number of hydrogen-bond acceptors (Lipinski definition) is 4. The Morgan fingerprint density at radius 1 is 1.22 bits per heavy atom. The summed E-state index contributed by atoms with van der Waals surface area (Å²) in [5, 5.41) is 2.97. The Balaban J connectivity index is 2.07. The van der Waals surface area contributed by atoms with E-state index < -0.39 is 22.5 Å². The maximum atomic E-state index is 12.9. The summed E-state index contributed by atoms with van der Waals surface area (Å²) in [4.78, 5) is 12.3. The molecule has 9 heteroatoms. The fraction of sp³-hybridized carbons (Fsp3) is 0.278. The molecular weight excluding hydrogens is 395 g/mol. The van der Waals surface area contributed by atoms with Crippen molar-refractivity contribution in [1.82, 2.24) is 5.32 Å². The zero-order valence-corrected chi connectivity index (χ0v) is 16.5. The van der Waals surface area contributed by atoms with Crippen LogP contribution in [0.2, 0.25) is 5.02 Å². The first kappa shape index (κ1) is 21.0. The Morgan fingerprint density at radius 2 is 1.89 bits per heavy atom. The molecule has 0 aliphatic carbocycles. The molecular formula is C18H20ClFN2O4S. The summed E-state index contributed by atoms with van der Waals surface area (Å²) in [5.74, 6) is -0.532. The number of nitrogens with zero attached hydrogens (tertiary/aromatic N) is 1. The van der Waals surface area contributed by atoms with Crippen molar-refractivity contribution in [2.75, 3.05) is 30.8 Å². The molecule has 0 heterocycles. The molecule has 0 aliphatic rings. The van der Waals surface area contributed by atoms with Gasteiger partial charge in [0.15, 0.2) is 0 Å². The van der Waals surface area contributed by atoms with Gasteiger partial charge in [-0.1, -0.05) is 23.7 Å². The van der Waals surface area contributed by atoms with Crippen LogP contribution < -0.4 is 14.4 Å². The van der Waals surface area contributed by atoms with Gasteiger partial charge in [0.1, 0.15) is 18.1 Å². The van der Waals surface area contributed by atoms with Crippen LogP contribution in [-0.2, 0) is 21.2 Å². The summed E-state index contributed by atoms with van der Waals surface area (Å²) in [6, 6.07) is 10.5. The van der Waals surface area contributed by atoms with Gasteiger partial charge < -0.3 is 10.1 Å². The van der Waals surface area contributed by atoms with Crippen LogP contribution in [0.1, 0.15) is 5.56 Å². The van der Waals surface area contributed by atoms with Gasteiger partial charge in [0.05, 0.1) is 19.1 Å². The van der Waals surface area contributed by atoms with Crippen LogP contribution in [0.15, 0.2) is 42.5 Å². The molecule has 2 rings (SSSR count). The highest BCUT2D eigenvalue weighted by atomic mass is 35.5. The van der Waals surface area contributed by atoms with Crippen molar-refractivity contribution in [3.63, 3.8) is 0 Å². The van der Waals surface area contributed by atoms with Crippen LogP contribution in [-0.4, -0.2) is 40.8 Å². The van der Waals surface area contributed by atoms with Gasteiger partial charge in [-0.2, -0.15) is 0 Å². The topological polar surface area (TPSA) is 75.7 Å². The van der Waals surface area contributed by atoms with Gasteiger partial charge in [-0.15, -0.1) is 0 Å². The zero-order chi connectivity index (χ0) is 20.0. The van der Waals surface area contributed by atoms with E-state index in [9.17, 15) is 17.6 Å². The van der Waals surface area contributed by atoms with Crippen molar-refractivity contribution >= 4 is 33.2 Å². The van der Waals surface area contributed by atoms with E-state index in [1.807, 2.05) is 0 Å². The summed E-state index contributed by atoms with van der Waals surface area (Å²) in [7, 11) is -2.35. The molecule has 27 heavy (non-hydrogen) atoms. The molecule has 0 fully saturated rings. The quantitative estimate of drug-likeness (QED) is 0.720. The van der Waals surface area contributed by atoms with Gasteiger partial charge in [-0.25, -0.2) is 12.8 Å². The maximum Gasteiger partial charge on any atom is 0.240 e. The third-order valence-electron chi connectivity index (χ3n) is 3.75. The number of amides is 1. The molecule has 0 bridgehead atoms. The van der Waals surface area contributed by atoms with E-state index in [1.165, 1.54) is 31.4 Å². The van der Waals surface area contributed by atoms with Crippen molar-refractivity contribution in [1.29, 1.82) is 0 Å². The molecule has 1 amide bonds. The highest BCUT2D eigenvalue weighted by Crippen LogP contribution is 2.32. The van der Waals surface area contributed by atoms with Crippen molar-refractivity contribution in [2.24, 2.45) is 0 Å². The normalized spacial score (nSPS) is 11.1. The van der Waals surface area contributed by atoms with E-state index in [0.717, 1.165) is 16.1 Å². The third kappa shape index (κ3) is 6.11. The minimum atomic E-state index is -3.75. The number of hydrogen-bond donors (Lipinski definition) is 1. The number of halogens is 2. The Hall–Kier alpha value is -2.32. The number of carbonyl (C=O) groups is 1. The van der Waals surface area contributed by atoms with Crippen molar-refractivity contribution < 1.29 is 22.3 Å². The highest BCUT2D eigenvalue weighted by Gasteiger charge is 2.24. The average Bonchev–Trinajstić information content (AvgIpc) is 2.60. The van der Waals surface area contributed by atoms with Crippen LogP contribution in [0.4, 0.5) is 10.1 Å². The van der Waals surface area contributed by atoms with Crippen LogP contribution in [0.3, 0.4) is 0 Å². The van der Waals surface area contributed by atoms with E-state index in [2.05, 4.69) is 5.32 Å². The zero-order valence-electron chi connectivity index (χ0n) is 14.9. The first-order valence-electron chi connectivity index (χ1n) is 8.03. The average molecular weight is 415 g/mol. The molecule has 0 saturated carbocycles. The number of sulfonamides is 1. The Labute approximate surface area is 162 Å². The van der Waals surface area contributed by atoms with Gasteiger partial charge >= 0.3 is 0 Å². The molecule has 2 aromatic carbocycles. The van der Waals surface area contributed by atoms with Crippen molar-refractivity contribution in [3.8, 4) is 5.75 Å². The highest BCUT2D eigenvalue weighted by molar-refractivity contribution is 7.92. The van der Waals surface area contributed by atoms with Gasteiger partial charge in [0.2, 0.25) is 15.9 Å². The Bertz CT molecular complexity index is 904. The number of nitrogens with one attached hydrogen (secondary N) is 1. The summed E-state index contributed by atoms with van der Waals surface area (Å²) in [6.07, 6.45) is 1.49. The Kier molecular flexibility index (Phi) is 7.04. The lowest BCUT2D eigenvalue weighted by Gasteiger charge is -2.24. The van der Waals surface area contributed by atoms with E-state index in [0.29, 0.717) is 11.4 Å². The second-order valence-electron chi connectivity index (χ2n) is 5.81. The number of rotatable bonds is 8. The lowest BCUT2D eigenvalue weighted by Crippen LogP contribution is -2.41. The Morgan fingerprint density at radius 3 is 2.48 bits per heavy atom. The molecule has 0 spiro atoms. The lowest BCUT2D eigenvalue weighted by atomic mass is 10.1. The van der Waals surface area contributed by atoms with Crippen LogP contribution >= 0.6 is 11.6 Å². The van der Waals surface area contributed by atoms with E-state index in [1.54, 1.807) is 18.2 Å². The summed E-state index contributed by atoms with van der Waals surface area (Å²) >= 11 is 5.96. The second kappa shape index (κ2) is 9.05. The number of anilines is 1. The fourth-order valence-corrected chi connectivity index (χ4v) is 3.44. The molecule has 1 N–H and O–H groups in total. The number of benzene rings is 2. The molecule has 2 aromatic rings. The monoisotopic (exact) mass is 414 g/mol. The fourth-order valence-electron chi connectivity index (χ4n) is 2.42. The number of methoxy groups -OCH3 is 1. The third-order valence-corrected chi connectivity index (χ3v) is 5.11. The van der Waals surface area contributed by atoms with Gasteiger partial charge in [-0.3, -0.25) is 9.10 Å². The van der Waals surface area contributed by atoms with Crippen LogP contribution in [0.5, 0.6) is 5.75 Å². The van der Waals surface area contributed by atoms with E-state index in [-0.39, 0.29) is 23.8 Å². The van der Waals surface area contributed by atoms with Crippen LogP contribution in [0.25, 0.3) is 0 Å². The molecule has 0 aromatic heterocycles. The SMILES string of the molecule is COc1ccc(Cl)cc1N(CC(=O)NCCc1ccc(F)cc1)S(C)(=O)=O. The summed E-state index contributed by atoms with van der Waals surface area (Å²) in [5.41, 5.74) is 1.04. The number of carbonyl (C=O) groups excluding carboxylic acids is 1.